The summed E-state index contributed by atoms with van der Waals surface area (Å²) >= 11 is 0. The molecular formula is C11H17NO3. The van der Waals surface area contributed by atoms with E-state index in [1.807, 2.05) is 0 Å². The molecule has 0 heterocycles. The molecule has 1 amide bonds. The largest absolute Gasteiger partial charge is 0.481 e. The van der Waals surface area contributed by atoms with Crippen LogP contribution in [0.15, 0.2) is 0 Å². The Labute approximate surface area is 89.0 Å². The number of hydrogen-bond acceptors (Lipinski definition) is 2. The normalized spacial score (nSPS) is 22.9. The maximum atomic E-state index is 11.5. The molecule has 0 unspecified atom stereocenters. The van der Waals surface area contributed by atoms with E-state index >= 15 is 0 Å². The number of amides is 1. The summed E-state index contributed by atoms with van der Waals surface area (Å²) in [6, 6.07) is 0. The Hall–Kier alpha value is -1.06. The van der Waals surface area contributed by atoms with Crippen molar-refractivity contribution in [2.24, 2.45) is 11.3 Å². The molecule has 0 spiro atoms. The van der Waals surface area contributed by atoms with Gasteiger partial charge >= 0.3 is 5.97 Å². The number of aliphatic carboxylic acids is 1. The van der Waals surface area contributed by atoms with E-state index in [9.17, 15) is 9.59 Å². The van der Waals surface area contributed by atoms with Gasteiger partial charge in [0.25, 0.3) is 0 Å². The first kappa shape index (κ1) is 10.5. The third-order valence-electron chi connectivity index (χ3n) is 3.55. The smallest absolute Gasteiger partial charge is 0.310 e. The highest BCUT2D eigenvalue weighted by atomic mass is 16.4. The summed E-state index contributed by atoms with van der Waals surface area (Å²) in [5.74, 6) is -0.254. The SMILES string of the molecule is O=C(CC1(C(=O)O)CCC1)NCC1CC1. The van der Waals surface area contributed by atoms with Crippen LogP contribution in [0.5, 0.6) is 0 Å². The van der Waals surface area contributed by atoms with E-state index in [1.165, 1.54) is 12.8 Å². The van der Waals surface area contributed by atoms with Gasteiger partial charge in [0.15, 0.2) is 0 Å². The van der Waals surface area contributed by atoms with Crippen molar-refractivity contribution in [1.29, 1.82) is 0 Å². The molecule has 15 heavy (non-hydrogen) atoms. The van der Waals surface area contributed by atoms with Crippen molar-refractivity contribution < 1.29 is 14.7 Å². The molecular weight excluding hydrogens is 194 g/mol. The van der Waals surface area contributed by atoms with E-state index in [2.05, 4.69) is 5.32 Å². The Kier molecular flexibility index (Phi) is 2.67. The van der Waals surface area contributed by atoms with Gasteiger partial charge in [-0.15, -0.1) is 0 Å². The van der Waals surface area contributed by atoms with E-state index in [-0.39, 0.29) is 12.3 Å². The zero-order valence-corrected chi connectivity index (χ0v) is 8.79. The maximum absolute atomic E-state index is 11.5. The molecule has 2 fully saturated rings. The Morgan fingerprint density at radius 2 is 2.00 bits per heavy atom. The quantitative estimate of drug-likeness (QED) is 0.717. The van der Waals surface area contributed by atoms with Crippen LogP contribution in [0.1, 0.15) is 38.5 Å². The second kappa shape index (κ2) is 3.83. The second-order valence-corrected chi connectivity index (χ2v) is 4.86. The Bertz CT molecular complexity index is 280. The lowest BCUT2D eigenvalue weighted by Gasteiger charge is -2.36. The van der Waals surface area contributed by atoms with Gasteiger partial charge in [0.2, 0.25) is 5.91 Å². The lowest BCUT2D eigenvalue weighted by molar-refractivity contribution is -0.157. The van der Waals surface area contributed by atoms with Gasteiger partial charge in [0.1, 0.15) is 0 Å². The van der Waals surface area contributed by atoms with E-state index < -0.39 is 11.4 Å². The van der Waals surface area contributed by atoms with Crippen LogP contribution < -0.4 is 5.32 Å². The molecule has 4 heteroatoms. The lowest BCUT2D eigenvalue weighted by atomic mass is 9.66. The van der Waals surface area contributed by atoms with Crippen molar-refractivity contribution in [2.45, 2.75) is 38.5 Å². The van der Waals surface area contributed by atoms with Crippen LogP contribution in [-0.4, -0.2) is 23.5 Å². The first-order valence-electron chi connectivity index (χ1n) is 5.62. The fraction of sp³-hybridized carbons (Fsp3) is 0.818. The van der Waals surface area contributed by atoms with Crippen LogP contribution >= 0.6 is 0 Å². The predicted molar refractivity (Wildman–Crippen MR) is 54.3 cm³/mol. The summed E-state index contributed by atoms with van der Waals surface area (Å²) in [6.07, 6.45) is 4.80. The minimum Gasteiger partial charge on any atom is -0.481 e. The van der Waals surface area contributed by atoms with E-state index in [1.54, 1.807) is 0 Å². The van der Waals surface area contributed by atoms with Crippen LogP contribution in [0.2, 0.25) is 0 Å². The van der Waals surface area contributed by atoms with E-state index in [0.29, 0.717) is 18.8 Å². The summed E-state index contributed by atoms with van der Waals surface area (Å²) in [5.41, 5.74) is -0.742. The summed E-state index contributed by atoms with van der Waals surface area (Å²) in [5, 5.41) is 11.9. The Balaban J connectivity index is 1.78. The van der Waals surface area contributed by atoms with E-state index in [0.717, 1.165) is 13.0 Å². The van der Waals surface area contributed by atoms with Gasteiger partial charge in [-0.3, -0.25) is 9.59 Å². The van der Waals surface area contributed by atoms with Gasteiger partial charge in [0.05, 0.1) is 5.41 Å². The zero-order chi connectivity index (χ0) is 10.9. The molecule has 0 radical (unpaired) electrons. The first-order chi connectivity index (χ1) is 7.12. The molecule has 4 nitrogen and oxygen atoms in total. The van der Waals surface area contributed by atoms with Gasteiger partial charge in [0, 0.05) is 13.0 Å². The molecule has 0 aliphatic heterocycles. The average molecular weight is 211 g/mol. The number of nitrogens with one attached hydrogen (secondary N) is 1. The molecule has 0 saturated heterocycles. The monoisotopic (exact) mass is 211 g/mol. The standard InChI is InChI=1S/C11H17NO3/c13-9(12-7-8-2-3-8)6-11(10(14)15)4-1-5-11/h8H,1-7H2,(H,12,13)(H,14,15). The first-order valence-corrected chi connectivity index (χ1v) is 5.62. The molecule has 0 aromatic carbocycles. The highest BCUT2D eigenvalue weighted by Gasteiger charge is 2.45. The Morgan fingerprint density at radius 3 is 2.40 bits per heavy atom. The number of carboxylic acids is 1. The molecule has 0 bridgehead atoms. The van der Waals surface area contributed by atoms with Gasteiger partial charge in [-0.1, -0.05) is 6.42 Å². The summed E-state index contributed by atoms with van der Waals surface area (Å²) in [4.78, 5) is 22.5. The number of hydrogen-bond donors (Lipinski definition) is 2. The molecule has 2 N–H and O–H groups in total. The van der Waals surface area contributed by atoms with Crippen molar-refractivity contribution in [1.82, 2.24) is 5.32 Å². The van der Waals surface area contributed by atoms with Gasteiger partial charge in [-0.2, -0.15) is 0 Å². The number of carbonyl (C=O) groups is 2. The van der Waals surface area contributed by atoms with Gasteiger partial charge in [-0.05, 0) is 31.6 Å². The van der Waals surface area contributed by atoms with Crippen LogP contribution in [0.4, 0.5) is 0 Å². The van der Waals surface area contributed by atoms with Crippen molar-refractivity contribution >= 4 is 11.9 Å². The second-order valence-electron chi connectivity index (χ2n) is 4.86. The van der Waals surface area contributed by atoms with Crippen LogP contribution in [0.3, 0.4) is 0 Å². The number of carbonyl (C=O) groups excluding carboxylic acids is 1. The highest BCUT2D eigenvalue weighted by molar-refractivity contribution is 5.85. The third kappa shape index (κ3) is 2.30. The van der Waals surface area contributed by atoms with Crippen molar-refractivity contribution in [3.63, 3.8) is 0 Å². The molecule has 84 valence electrons. The molecule has 2 rings (SSSR count). The third-order valence-corrected chi connectivity index (χ3v) is 3.55. The Morgan fingerprint density at radius 1 is 1.33 bits per heavy atom. The van der Waals surface area contributed by atoms with Crippen LogP contribution in [-0.2, 0) is 9.59 Å². The van der Waals surface area contributed by atoms with E-state index in [4.69, 9.17) is 5.11 Å². The van der Waals surface area contributed by atoms with Gasteiger partial charge < -0.3 is 10.4 Å². The topological polar surface area (TPSA) is 66.4 Å². The maximum Gasteiger partial charge on any atom is 0.310 e. The fourth-order valence-corrected chi connectivity index (χ4v) is 2.02. The molecule has 2 aliphatic carbocycles. The van der Waals surface area contributed by atoms with Crippen molar-refractivity contribution in [2.75, 3.05) is 6.54 Å². The molecule has 2 saturated carbocycles. The predicted octanol–water partition coefficient (Wildman–Crippen LogP) is 1.16. The van der Waals surface area contributed by atoms with Gasteiger partial charge in [-0.25, -0.2) is 0 Å². The van der Waals surface area contributed by atoms with Crippen LogP contribution in [0.25, 0.3) is 0 Å². The van der Waals surface area contributed by atoms with Crippen LogP contribution in [0, 0.1) is 11.3 Å². The molecule has 0 atom stereocenters. The molecule has 0 aromatic rings. The minimum atomic E-state index is -0.810. The zero-order valence-electron chi connectivity index (χ0n) is 8.79. The summed E-state index contributed by atoms with van der Waals surface area (Å²) < 4.78 is 0. The summed E-state index contributed by atoms with van der Waals surface area (Å²) in [6.45, 7) is 0.731. The highest BCUT2D eigenvalue weighted by Crippen LogP contribution is 2.44. The molecule has 0 aromatic heterocycles. The lowest BCUT2D eigenvalue weighted by Crippen LogP contribution is -2.42. The fourth-order valence-electron chi connectivity index (χ4n) is 2.02. The number of carboxylic acid groups (broad SMARTS) is 1. The van der Waals surface area contributed by atoms with Crippen molar-refractivity contribution in [3.05, 3.63) is 0 Å². The summed E-state index contributed by atoms with van der Waals surface area (Å²) in [7, 11) is 0. The minimum absolute atomic E-state index is 0.0935. The van der Waals surface area contributed by atoms with Crippen molar-refractivity contribution in [3.8, 4) is 0 Å². The average Bonchev–Trinajstić information content (AvgIpc) is 2.90. The number of rotatable bonds is 5. The molecule has 2 aliphatic rings.